The van der Waals surface area contributed by atoms with Crippen molar-refractivity contribution in [2.45, 2.75) is 6.92 Å². The van der Waals surface area contributed by atoms with E-state index in [-0.39, 0.29) is 17.0 Å². The van der Waals surface area contributed by atoms with Crippen molar-refractivity contribution in [3.05, 3.63) is 65.2 Å². The molecule has 0 aliphatic rings. The maximum atomic E-state index is 12.9. The summed E-state index contributed by atoms with van der Waals surface area (Å²) in [6, 6.07) is 13.6. The van der Waals surface area contributed by atoms with E-state index in [1.54, 1.807) is 12.1 Å². The third-order valence-corrected chi connectivity index (χ3v) is 3.19. The summed E-state index contributed by atoms with van der Waals surface area (Å²) in [6.07, 6.45) is 0. The molecule has 0 aliphatic carbocycles. The molecule has 0 bridgehead atoms. The number of benzene rings is 2. The molecule has 1 aromatic heterocycles. The van der Waals surface area contributed by atoms with Crippen LogP contribution in [0.4, 0.5) is 27.7 Å². The summed E-state index contributed by atoms with van der Waals surface area (Å²) in [6.45, 7) is 2.01. The Labute approximate surface area is 137 Å². The summed E-state index contributed by atoms with van der Waals surface area (Å²) in [7, 11) is 0. The molecule has 3 aromatic rings. The average molecular weight is 330 g/mol. The van der Waals surface area contributed by atoms with Gasteiger partial charge in [0.2, 0.25) is 17.2 Å². The van der Waals surface area contributed by atoms with Crippen LogP contribution in [0.3, 0.4) is 0 Å². The lowest BCUT2D eigenvalue weighted by Crippen LogP contribution is -2.04. The number of nitrogens with zero attached hydrogens (tertiary/aromatic N) is 3. The first kappa shape index (κ1) is 15.2. The average Bonchev–Trinajstić information content (AvgIpc) is 2.51. The van der Waals surface area contributed by atoms with E-state index in [9.17, 15) is 4.39 Å². The summed E-state index contributed by atoms with van der Waals surface area (Å²) in [5.74, 6) is 0.274. The topological polar surface area (TPSA) is 62.7 Å². The quantitative estimate of drug-likeness (QED) is 0.740. The fourth-order valence-corrected chi connectivity index (χ4v) is 2.05. The molecule has 7 heteroatoms. The number of aromatic nitrogens is 3. The Balaban J connectivity index is 1.81. The SMILES string of the molecule is Cc1ccc(Nc2nc(Cl)nc(Nc3ccc(F)cc3)n2)cc1. The van der Waals surface area contributed by atoms with Gasteiger partial charge in [0, 0.05) is 11.4 Å². The van der Waals surface area contributed by atoms with E-state index in [1.807, 2.05) is 31.2 Å². The Morgan fingerprint density at radius 3 is 1.78 bits per heavy atom. The predicted octanol–water partition coefficient (Wildman–Crippen LogP) is 4.46. The van der Waals surface area contributed by atoms with Gasteiger partial charge in [-0.15, -0.1) is 0 Å². The lowest BCUT2D eigenvalue weighted by molar-refractivity contribution is 0.628. The molecule has 0 radical (unpaired) electrons. The minimum atomic E-state index is -0.314. The zero-order chi connectivity index (χ0) is 16.2. The molecular weight excluding hydrogens is 317 g/mol. The summed E-state index contributed by atoms with van der Waals surface area (Å²) >= 11 is 5.93. The van der Waals surface area contributed by atoms with E-state index < -0.39 is 0 Å². The summed E-state index contributed by atoms with van der Waals surface area (Å²) in [5, 5.41) is 6.07. The fraction of sp³-hybridized carbons (Fsp3) is 0.0625. The number of nitrogens with one attached hydrogen (secondary N) is 2. The molecule has 116 valence electrons. The first-order valence-corrected chi connectivity index (χ1v) is 7.24. The number of hydrogen-bond acceptors (Lipinski definition) is 5. The Bertz CT molecular complexity index is 740. The van der Waals surface area contributed by atoms with Gasteiger partial charge in [0.15, 0.2) is 0 Å². The number of anilines is 4. The molecule has 0 saturated heterocycles. The minimum Gasteiger partial charge on any atom is -0.324 e. The molecule has 2 N–H and O–H groups in total. The van der Waals surface area contributed by atoms with Gasteiger partial charge >= 0.3 is 0 Å². The molecule has 0 amide bonds. The van der Waals surface area contributed by atoms with Gasteiger partial charge in [-0.1, -0.05) is 17.7 Å². The highest BCUT2D eigenvalue weighted by Crippen LogP contribution is 2.19. The zero-order valence-corrected chi connectivity index (χ0v) is 13.0. The Morgan fingerprint density at radius 2 is 1.26 bits per heavy atom. The molecule has 3 rings (SSSR count). The first-order valence-electron chi connectivity index (χ1n) is 6.86. The second-order valence-corrected chi connectivity index (χ2v) is 5.21. The van der Waals surface area contributed by atoms with Crippen LogP contribution >= 0.6 is 11.6 Å². The van der Waals surface area contributed by atoms with Crippen LogP contribution in [0.1, 0.15) is 5.56 Å². The van der Waals surface area contributed by atoms with Crippen LogP contribution in [0.2, 0.25) is 5.28 Å². The number of halogens is 2. The number of hydrogen-bond donors (Lipinski definition) is 2. The van der Waals surface area contributed by atoms with Crippen LogP contribution in [0.15, 0.2) is 48.5 Å². The molecule has 0 fully saturated rings. The van der Waals surface area contributed by atoms with E-state index in [0.717, 1.165) is 11.3 Å². The molecule has 2 aromatic carbocycles. The normalized spacial score (nSPS) is 10.4. The van der Waals surface area contributed by atoms with Crippen molar-refractivity contribution in [2.24, 2.45) is 0 Å². The lowest BCUT2D eigenvalue weighted by atomic mass is 10.2. The van der Waals surface area contributed by atoms with Gasteiger partial charge in [-0.2, -0.15) is 15.0 Å². The molecule has 0 saturated carbocycles. The van der Waals surface area contributed by atoms with E-state index in [2.05, 4.69) is 25.6 Å². The first-order chi connectivity index (χ1) is 11.1. The molecule has 0 atom stereocenters. The maximum Gasteiger partial charge on any atom is 0.233 e. The molecule has 0 unspecified atom stereocenters. The highest BCUT2D eigenvalue weighted by Gasteiger charge is 2.06. The monoisotopic (exact) mass is 329 g/mol. The van der Waals surface area contributed by atoms with Crippen molar-refractivity contribution in [3.8, 4) is 0 Å². The van der Waals surface area contributed by atoms with E-state index in [4.69, 9.17) is 11.6 Å². The van der Waals surface area contributed by atoms with Crippen molar-refractivity contribution < 1.29 is 4.39 Å². The largest absolute Gasteiger partial charge is 0.324 e. The van der Waals surface area contributed by atoms with E-state index in [1.165, 1.54) is 12.1 Å². The Kier molecular flexibility index (Phi) is 4.34. The fourth-order valence-electron chi connectivity index (χ4n) is 1.89. The van der Waals surface area contributed by atoms with Gasteiger partial charge in [0.25, 0.3) is 0 Å². The molecular formula is C16H13ClFN5. The lowest BCUT2D eigenvalue weighted by Gasteiger charge is -2.08. The van der Waals surface area contributed by atoms with Gasteiger partial charge in [-0.05, 0) is 54.9 Å². The summed E-state index contributed by atoms with van der Waals surface area (Å²) in [4.78, 5) is 12.3. The third-order valence-electron chi connectivity index (χ3n) is 3.02. The minimum absolute atomic E-state index is 0.0548. The van der Waals surface area contributed by atoms with Crippen LogP contribution in [0.25, 0.3) is 0 Å². The summed E-state index contributed by atoms with van der Waals surface area (Å²) < 4.78 is 12.9. The van der Waals surface area contributed by atoms with Gasteiger partial charge < -0.3 is 10.6 Å². The zero-order valence-electron chi connectivity index (χ0n) is 12.2. The third kappa shape index (κ3) is 4.14. The number of aryl methyl sites for hydroxylation is 1. The standard InChI is InChI=1S/C16H13ClFN5/c1-10-2-6-12(7-3-10)19-15-21-14(17)22-16(23-15)20-13-8-4-11(18)5-9-13/h2-9H,1H3,(H2,19,20,21,22,23). The molecule has 1 heterocycles. The van der Waals surface area contributed by atoms with E-state index >= 15 is 0 Å². The van der Waals surface area contributed by atoms with Crippen LogP contribution in [0, 0.1) is 12.7 Å². The maximum absolute atomic E-state index is 12.9. The van der Waals surface area contributed by atoms with Crippen molar-refractivity contribution in [3.63, 3.8) is 0 Å². The second kappa shape index (κ2) is 6.58. The second-order valence-electron chi connectivity index (χ2n) is 4.87. The Hall–Kier alpha value is -2.73. The van der Waals surface area contributed by atoms with Gasteiger partial charge in [-0.25, -0.2) is 4.39 Å². The Morgan fingerprint density at radius 1 is 0.783 bits per heavy atom. The molecule has 0 aliphatic heterocycles. The molecule has 23 heavy (non-hydrogen) atoms. The van der Waals surface area contributed by atoms with Crippen LogP contribution in [-0.4, -0.2) is 15.0 Å². The molecule has 5 nitrogen and oxygen atoms in total. The van der Waals surface area contributed by atoms with Crippen molar-refractivity contribution in [1.29, 1.82) is 0 Å². The van der Waals surface area contributed by atoms with Crippen LogP contribution in [-0.2, 0) is 0 Å². The highest BCUT2D eigenvalue weighted by molar-refractivity contribution is 6.28. The van der Waals surface area contributed by atoms with Gasteiger partial charge in [0.05, 0.1) is 0 Å². The predicted molar refractivity (Wildman–Crippen MR) is 89.0 cm³/mol. The van der Waals surface area contributed by atoms with Gasteiger partial charge in [0.1, 0.15) is 5.82 Å². The van der Waals surface area contributed by atoms with Crippen LogP contribution in [0.5, 0.6) is 0 Å². The van der Waals surface area contributed by atoms with Crippen molar-refractivity contribution in [1.82, 2.24) is 15.0 Å². The van der Waals surface area contributed by atoms with Crippen molar-refractivity contribution in [2.75, 3.05) is 10.6 Å². The number of rotatable bonds is 4. The highest BCUT2D eigenvalue weighted by atomic mass is 35.5. The van der Waals surface area contributed by atoms with E-state index in [0.29, 0.717) is 11.6 Å². The smallest absolute Gasteiger partial charge is 0.233 e. The molecule has 0 spiro atoms. The summed E-state index contributed by atoms with van der Waals surface area (Å²) in [5.41, 5.74) is 2.64. The van der Waals surface area contributed by atoms with Crippen LogP contribution < -0.4 is 10.6 Å². The van der Waals surface area contributed by atoms with Crippen molar-refractivity contribution >= 4 is 34.9 Å². The van der Waals surface area contributed by atoms with Gasteiger partial charge in [-0.3, -0.25) is 0 Å².